The molecule has 86 valence electrons. The monoisotopic (exact) mass is 230 g/mol. The Hall–Kier alpha value is -0.620. The molecule has 0 aromatic carbocycles. The minimum atomic E-state index is 0.148. The third-order valence-corrected chi connectivity index (χ3v) is 3.25. The van der Waals surface area contributed by atoms with Gasteiger partial charge in [-0.3, -0.25) is 11.3 Å². The van der Waals surface area contributed by atoms with Gasteiger partial charge in [-0.05, 0) is 24.3 Å². The quantitative estimate of drug-likeness (QED) is 0.425. The summed E-state index contributed by atoms with van der Waals surface area (Å²) < 4.78 is 10.3. The number of hydrazine groups is 1. The third kappa shape index (κ3) is 3.46. The molecule has 1 unspecified atom stereocenters. The predicted molar refractivity (Wildman–Crippen MR) is 62.0 cm³/mol. The summed E-state index contributed by atoms with van der Waals surface area (Å²) in [4.78, 5) is 1.15. The first-order valence-corrected chi connectivity index (χ1v) is 5.78. The van der Waals surface area contributed by atoms with Crippen LogP contribution in [0, 0.1) is 0 Å². The lowest BCUT2D eigenvalue weighted by molar-refractivity contribution is 0.189. The number of rotatable bonds is 7. The van der Waals surface area contributed by atoms with Gasteiger partial charge in [0.1, 0.15) is 5.75 Å². The summed E-state index contributed by atoms with van der Waals surface area (Å²) in [6.45, 7) is 0.756. The van der Waals surface area contributed by atoms with Crippen LogP contribution in [0.3, 0.4) is 0 Å². The number of methoxy groups -OCH3 is 2. The molecule has 1 rings (SSSR count). The van der Waals surface area contributed by atoms with Gasteiger partial charge in [-0.15, -0.1) is 11.3 Å². The first-order chi connectivity index (χ1) is 7.33. The smallest absolute Gasteiger partial charge is 0.134 e. The lowest BCUT2D eigenvalue weighted by atomic mass is 10.1. The molecule has 0 radical (unpaired) electrons. The van der Waals surface area contributed by atoms with E-state index in [-0.39, 0.29) is 6.04 Å². The van der Waals surface area contributed by atoms with E-state index in [4.69, 9.17) is 15.3 Å². The Morgan fingerprint density at radius 1 is 1.53 bits per heavy atom. The lowest BCUT2D eigenvalue weighted by Crippen LogP contribution is -2.27. The van der Waals surface area contributed by atoms with E-state index in [0.29, 0.717) is 0 Å². The molecule has 0 aliphatic carbocycles. The van der Waals surface area contributed by atoms with Crippen molar-refractivity contribution < 1.29 is 9.47 Å². The van der Waals surface area contributed by atoms with Crippen molar-refractivity contribution in [3.63, 3.8) is 0 Å². The zero-order chi connectivity index (χ0) is 11.1. The summed E-state index contributed by atoms with van der Waals surface area (Å²) in [6, 6.07) is 2.11. The van der Waals surface area contributed by atoms with Crippen molar-refractivity contribution in [1.82, 2.24) is 5.43 Å². The van der Waals surface area contributed by atoms with E-state index in [1.54, 1.807) is 25.6 Å². The number of hydrogen-bond acceptors (Lipinski definition) is 5. The molecule has 0 saturated heterocycles. The van der Waals surface area contributed by atoms with Gasteiger partial charge < -0.3 is 9.47 Å². The summed E-state index contributed by atoms with van der Waals surface area (Å²) >= 11 is 1.66. The molecular weight excluding hydrogens is 212 g/mol. The fourth-order valence-electron chi connectivity index (χ4n) is 1.45. The number of nitrogens with one attached hydrogen (secondary N) is 1. The lowest BCUT2D eigenvalue weighted by Gasteiger charge is -2.15. The maximum atomic E-state index is 5.53. The molecule has 0 amide bonds. The summed E-state index contributed by atoms with van der Waals surface area (Å²) in [5, 5.41) is 2.01. The van der Waals surface area contributed by atoms with Gasteiger partial charge >= 0.3 is 0 Å². The van der Waals surface area contributed by atoms with E-state index in [9.17, 15) is 0 Å². The molecule has 15 heavy (non-hydrogen) atoms. The molecule has 5 heteroatoms. The molecule has 0 aliphatic rings. The molecule has 0 fully saturated rings. The highest BCUT2D eigenvalue weighted by Gasteiger charge is 2.15. The Morgan fingerprint density at radius 3 is 2.93 bits per heavy atom. The maximum Gasteiger partial charge on any atom is 0.134 e. The molecular formula is C10H18N2O2S. The Morgan fingerprint density at radius 2 is 2.33 bits per heavy atom. The average molecular weight is 230 g/mol. The predicted octanol–water partition coefficient (Wildman–Crippen LogP) is 1.69. The van der Waals surface area contributed by atoms with Gasteiger partial charge in [0, 0.05) is 13.7 Å². The van der Waals surface area contributed by atoms with E-state index in [1.165, 1.54) is 0 Å². The highest BCUT2D eigenvalue weighted by atomic mass is 32.1. The number of ether oxygens (including phenoxy) is 2. The number of hydrogen-bond donors (Lipinski definition) is 2. The molecule has 1 heterocycles. The number of nitrogens with two attached hydrogens (primary N) is 1. The topological polar surface area (TPSA) is 56.5 Å². The van der Waals surface area contributed by atoms with Crippen molar-refractivity contribution in [2.45, 2.75) is 18.9 Å². The fourth-order valence-corrected chi connectivity index (χ4v) is 2.41. The maximum absolute atomic E-state index is 5.53. The van der Waals surface area contributed by atoms with E-state index in [1.807, 2.05) is 11.4 Å². The van der Waals surface area contributed by atoms with Gasteiger partial charge in [0.25, 0.3) is 0 Å². The SMILES string of the molecule is COCCCC(NN)c1sccc1OC. The van der Waals surface area contributed by atoms with Crippen molar-refractivity contribution >= 4 is 11.3 Å². The Labute approximate surface area is 94.3 Å². The molecule has 0 spiro atoms. The molecule has 1 atom stereocenters. The second-order valence-corrected chi connectivity index (χ2v) is 4.16. The highest BCUT2D eigenvalue weighted by Crippen LogP contribution is 2.32. The van der Waals surface area contributed by atoms with Gasteiger partial charge in [-0.1, -0.05) is 0 Å². The van der Waals surface area contributed by atoms with Crippen LogP contribution in [0.4, 0.5) is 0 Å². The summed E-state index contributed by atoms with van der Waals surface area (Å²) in [7, 11) is 3.38. The van der Waals surface area contributed by atoms with E-state index in [2.05, 4.69) is 5.43 Å². The standard InChI is InChI=1S/C10H18N2O2S/c1-13-6-3-4-8(12-11)10-9(14-2)5-7-15-10/h5,7-8,12H,3-4,6,11H2,1-2H3. The van der Waals surface area contributed by atoms with E-state index in [0.717, 1.165) is 30.1 Å². The van der Waals surface area contributed by atoms with Crippen LogP contribution in [-0.2, 0) is 4.74 Å². The second kappa shape index (κ2) is 6.79. The van der Waals surface area contributed by atoms with Gasteiger partial charge in [0.15, 0.2) is 0 Å². The van der Waals surface area contributed by atoms with Gasteiger partial charge in [0.2, 0.25) is 0 Å². The van der Waals surface area contributed by atoms with Crippen LogP contribution < -0.4 is 16.0 Å². The summed E-state index contributed by atoms with van der Waals surface area (Å²) in [5.74, 6) is 6.43. The van der Waals surface area contributed by atoms with Crippen molar-refractivity contribution in [1.29, 1.82) is 0 Å². The van der Waals surface area contributed by atoms with E-state index >= 15 is 0 Å². The minimum Gasteiger partial charge on any atom is -0.496 e. The van der Waals surface area contributed by atoms with Crippen LogP contribution in [0.15, 0.2) is 11.4 Å². The van der Waals surface area contributed by atoms with Gasteiger partial charge in [-0.25, -0.2) is 0 Å². The first kappa shape index (κ1) is 12.4. The van der Waals surface area contributed by atoms with Gasteiger partial charge in [-0.2, -0.15) is 0 Å². The van der Waals surface area contributed by atoms with Crippen LogP contribution in [0.25, 0.3) is 0 Å². The van der Waals surface area contributed by atoms with Crippen LogP contribution in [0.2, 0.25) is 0 Å². The van der Waals surface area contributed by atoms with Crippen molar-refractivity contribution in [2.75, 3.05) is 20.8 Å². The molecule has 0 saturated carbocycles. The minimum absolute atomic E-state index is 0.148. The third-order valence-electron chi connectivity index (χ3n) is 2.24. The molecule has 1 aromatic rings. The van der Waals surface area contributed by atoms with Crippen LogP contribution in [0.1, 0.15) is 23.8 Å². The fraction of sp³-hybridized carbons (Fsp3) is 0.600. The molecule has 0 aliphatic heterocycles. The van der Waals surface area contributed by atoms with Crippen molar-refractivity contribution in [3.05, 3.63) is 16.3 Å². The van der Waals surface area contributed by atoms with Crippen molar-refractivity contribution in [3.8, 4) is 5.75 Å². The van der Waals surface area contributed by atoms with Crippen LogP contribution >= 0.6 is 11.3 Å². The average Bonchev–Trinajstić information content (AvgIpc) is 2.72. The summed E-state index contributed by atoms with van der Waals surface area (Å²) in [6.07, 6.45) is 1.92. The number of thiophene rings is 1. The molecule has 1 aromatic heterocycles. The van der Waals surface area contributed by atoms with Gasteiger partial charge in [0.05, 0.1) is 18.0 Å². The molecule has 4 nitrogen and oxygen atoms in total. The molecule has 3 N–H and O–H groups in total. The Balaban J connectivity index is 2.57. The highest BCUT2D eigenvalue weighted by molar-refractivity contribution is 7.10. The normalized spacial score (nSPS) is 12.7. The van der Waals surface area contributed by atoms with E-state index < -0.39 is 0 Å². The molecule has 0 bridgehead atoms. The summed E-state index contributed by atoms with van der Waals surface area (Å²) in [5.41, 5.74) is 2.81. The zero-order valence-corrected chi connectivity index (χ0v) is 9.97. The van der Waals surface area contributed by atoms with Crippen LogP contribution in [0.5, 0.6) is 5.75 Å². The zero-order valence-electron chi connectivity index (χ0n) is 9.16. The Bertz CT molecular complexity index is 278. The first-order valence-electron chi connectivity index (χ1n) is 4.90. The second-order valence-electron chi connectivity index (χ2n) is 3.21. The largest absolute Gasteiger partial charge is 0.496 e. The Kier molecular flexibility index (Phi) is 5.63. The van der Waals surface area contributed by atoms with Crippen LogP contribution in [-0.4, -0.2) is 20.8 Å². The van der Waals surface area contributed by atoms with Crippen molar-refractivity contribution in [2.24, 2.45) is 5.84 Å².